The Morgan fingerprint density at radius 3 is 2.56 bits per heavy atom. The molecule has 0 aliphatic rings. The Hall–Kier alpha value is -1.47. The van der Waals surface area contributed by atoms with Crippen molar-refractivity contribution in [2.24, 2.45) is 0 Å². The number of pyridine rings is 1. The Morgan fingerprint density at radius 2 is 1.94 bits per heavy atom. The molecule has 0 atom stereocenters. The van der Waals surface area contributed by atoms with Crippen molar-refractivity contribution in [3.05, 3.63) is 42.6 Å². The molecule has 2 rings (SSSR count). The van der Waals surface area contributed by atoms with Gasteiger partial charge in [0.25, 0.3) is 0 Å². The molecule has 0 bridgehead atoms. The minimum atomic E-state index is -0.148. The third-order valence-corrected chi connectivity index (χ3v) is 4.52. The summed E-state index contributed by atoms with van der Waals surface area (Å²) in [6.07, 6.45) is 1.78. The summed E-state index contributed by atoms with van der Waals surface area (Å²) >= 11 is -0.148. The molecule has 1 heterocycles. The molecule has 0 unspecified atom stereocenters. The zero-order valence-electron chi connectivity index (χ0n) is 8.92. The predicted octanol–water partition coefficient (Wildman–Crippen LogP) is 0.327. The zero-order valence-corrected chi connectivity index (χ0v) is 10.8. The van der Waals surface area contributed by atoms with E-state index in [0.29, 0.717) is 0 Å². The number of methoxy groups -OCH3 is 1. The first-order valence-electron chi connectivity index (χ1n) is 4.86. The molecular formula is C12H12AsN2O. The average molecular weight is 275 g/mol. The molecule has 0 aliphatic carbocycles. The van der Waals surface area contributed by atoms with Gasteiger partial charge in [-0.05, 0) is 0 Å². The summed E-state index contributed by atoms with van der Waals surface area (Å²) in [4.78, 5) is 4.30. The number of benzene rings is 1. The number of hydrogen-bond acceptors (Lipinski definition) is 3. The number of anilines is 1. The molecule has 0 aliphatic heterocycles. The van der Waals surface area contributed by atoms with Gasteiger partial charge in [0.2, 0.25) is 0 Å². The summed E-state index contributed by atoms with van der Waals surface area (Å²) in [5.74, 6) is 0.874. The van der Waals surface area contributed by atoms with Gasteiger partial charge in [0.05, 0.1) is 0 Å². The summed E-state index contributed by atoms with van der Waals surface area (Å²) in [6, 6.07) is 11.8. The van der Waals surface area contributed by atoms with Gasteiger partial charge in [-0.15, -0.1) is 0 Å². The van der Waals surface area contributed by atoms with Gasteiger partial charge in [-0.1, -0.05) is 0 Å². The molecule has 2 aromatic rings. The fraction of sp³-hybridized carbons (Fsp3) is 0.0833. The van der Waals surface area contributed by atoms with Crippen LogP contribution in [-0.4, -0.2) is 27.8 Å². The second-order valence-corrected chi connectivity index (χ2v) is 5.67. The van der Waals surface area contributed by atoms with Crippen molar-refractivity contribution >= 4 is 30.3 Å². The molecule has 1 aromatic carbocycles. The third kappa shape index (κ3) is 2.55. The summed E-state index contributed by atoms with van der Waals surface area (Å²) in [5.41, 5.74) is 6.64. The maximum absolute atomic E-state index is 5.86. The van der Waals surface area contributed by atoms with Gasteiger partial charge < -0.3 is 0 Å². The number of nitrogens with two attached hydrogens (primary N) is 1. The second kappa shape index (κ2) is 5.04. The first-order chi connectivity index (χ1) is 7.79. The summed E-state index contributed by atoms with van der Waals surface area (Å²) < 4.78 is 7.38. The topological polar surface area (TPSA) is 48.1 Å². The fourth-order valence-electron chi connectivity index (χ4n) is 1.28. The van der Waals surface area contributed by atoms with Crippen LogP contribution in [0.25, 0.3) is 0 Å². The Balaban J connectivity index is 2.18. The van der Waals surface area contributed by atoms with E-state index in [1.807, 2.05) is 24.3 Å². The van der Waals surface area contributed by atoms with Gasteiger partial charge in [-0.25, -0.2) is 0 Å². The molecular weight excluding hydrogens is 263 g/mol. The Kier molecular flexibility index (Phi) is 3.47. The SMILES string of the molecule is COc1ccc([As]c2ncccc2N)cc1. The van der Waals surface area contributed by atoms with Crippen molar-refractivity contribution < 1.29 is 4.74 Å². The van der Waals surface area contributed by atoms with E-state index in [0.717, 1.165) is 15.9 Å². The maximum atomic E-state index is 5.86. The van der Waals surface area contributed by atoms with Crippen LogP contribution in [-0.2, 0) is 0 Å². The first kappa shape index (κ1) is 11.0. The Morgan fingerprint density at radius 1 is 1.19 bits per heavy atom. The van der Waals surface area contributed by atoms with Gasteiger partial charge in [-0.3, -0.25) is 0 Å². The molecule has 0 amide bonds. The number of nitrogens with zero attached hydrogens (tertiary/aromatic N) is 1. The summed E-state index contributed by atoms with van der Waals surface area (Å²) in [6.45, 7) is 0. The molecule has 2 N–H and O–H groups in total. The van der Waals surface area contributed by atoms with Crippen molar-refractivity contribution in [2.45, 2.75) is 0 Å². The number of ether oxygens (including phenoxy) is 1. The average Bonchev–Trinajstić information content (AvgIpc) is 2.33. The van der Waals surface area contributed by atoms with Crippen LogP contribution in [0.4, 0.5) is 5.69 Å². The molecule has 4 heteroatoms. The fourth-order valence-corrected chi connectivity index (χ4v) is 3.11. The summed E-state index contributed by atoms with van der Waals surface area (Å²) in [7, 11) is 1.67. The van der Waals surface area contributed by atoms with Crippen LogP contribution in [0, 0.1) is 0 Å². The van der Waals surface area contributed by atoms with E-state index in [-0.39, 0.29) is 15.8 Å². The molecule has 0 spiro atoms. The molecule has 0 saturated heterocycles. The van der Waals surface area contributed by atoms with Crippen LogP contribution in [0.5, 0.6) is 5.75 Å². The molecule has 1 radical (unpaired) electrons. The number of hydrogen-bond donors (Lipinski definition) is 1. The van der Waals surface area contributed by atoms with Crippen molar-refractivity contribution in [1.29, 1.82) is 0 Å². The minimum absolute atomic E-state index is 0.148. The van der Waals surface area contributed by atoms with Gasteiger partial charge in [0.1, 0.15) is 0 Å². The van der Waals surface area contributed by atoms with E-state index in [4.69, 9.17) is 10.5 Å². The standard InChI is InChI=1S/C12H12AsN2O/c1-16-10-6-4-9(5-7-10)13-12-11(14)3-2-8-15-12/h2-8H,14H2,1H3. The van der Waals surface area contributed by atoms with Crippen LogP contribution >= 0.6 is 0 Å². The Bertz CT molecular complexity index is 471. The van der Waals surface area contributed by atoms with E-state index in [9.17, 15) is 0 Å². The molecule has 81 valence electrons. The van der Waals surface area contributed by atoms with Crippen molar-refractivity contribution in [3.8, 4) is 5.75 Å². The Labute approximate surface area is 101 Å². The van der Waals surface area contributed by atoms with Crippen LogP contribution in [0.15, 0.2) is 42.6 Å². The van der Waals surface area contributed by atoms with E-state index in [1.165, 1.54) is 4.35 Å². The van der Waals surface area contributed by atoms with Crippen LogP contribution in [0.1, 0.15) is 0 Å². The molecule has 0 fully saturated rings. The van der Waals surface area contributed by atoms with Gasteiger partial charge in [0, 0.05) is 0 Å². The van der Waals surface area contributed by atoms with Gasteiger partial charge in [-0.2, -0.15) is 0 Å². The van der Waals surface area contributed by atoms with Gasteiger partial charge in [0.15, 0.2) is 0 Å². The first-order valence-corrected chi connectivity index (χ1v) is 6.73. The monoisotopic (exact) mass is 275 g/mol. The molecule has 16 heavy (non-hydrogen) atoms. The van der Waals surface area contributed by atoms with Crippen molar-refractivity contribution in [1.82, 2.24) is 4.98 Å². The summed E-state index contributed by atoms with van der Waals surface area (Å²) in [5, 5.41) is 0. The van der Waals surface area contributed by atoms with E-state index in [2.05, 4.69) is 17.1 Å². The molecule has 3 nitrogen and oxygen atoms in total. The second-order valence-electron chi connectivity index (χ2n) is 3.23. The number of aromatic nitrogens is 1. The zero-order chi connectivity index (χ0) is 11.4. The van der Waals surface area contributed by atoms with Crippen LogP contribution in [0.2, 0.25) is 0 Å². The number of nitrogen functional groups attached to an aromatic ring is 1. The van der Waals surface area contributed by atoms with Gasteiger partial charge >= 0.3 is 101 Å². The van der Waals surface area contributed by atoms with Crippen LogP contribution in [0.3, 0.4) is 0 Å². The quantitative estimate of drug-likeness (QED) is 0.821. The predicted molar refractivity (Wildman–Crippen MR) is 66.7 cm³/mol. The van der Waals surface area contributed by atoms with E-state index < -0.39 is 0 Å². The third-order valence-electron chi connectivity index (χ3n) is 2.12. The van der Waals surface area contributed by atoms with E-state index >= 15 is 0 Å². The molecule has 1 aromatic heterocycles. The normalized spacial score (nSPS) is 10.8. The van der Waals surface area contributed by atoms with Crippen molar-refractivity contribution in [3.63, 3.8) is 0 Å². The number of rotatable bonds is 3. The van der Waals surface area contributed by atoms with Crippen LogP contribution < -0.4 is 19.3 Å². The van der Waals surface area contributed by atoms with E-state index in [1.54, 1.807) is 13.3 Å². The van der Waals surface area contributed by atoms with Crippen molar-refractivity contribution in [2.75, 3.05) is 12.8 Å². The molecule has 0 saturated carbocycles.